The molecule has 1 aliphatic rings. The standard InChI is InChI=1S/C29H28F3NO5S/c1-18(2)15-28(27(37)38-17-19-7-4-3-5-8-19)16-22(26(35)36)24(23-9-6-14-39-23)33(28)25(34)20-10-12-21(13-11-20)29(30,31)32/h3-14,18,22,24H,15-17H2,1-2H3,(H,35,36). The molecule has 1 N–H and O–H groups in total. The van der Waals surface area contributed by atoms with Gasteiger partial charge in [0, 0.05) is 10.4 Å². The molecule has 39 heavy (non-hydrogen) atoms. The van der Waals surface area contributed by atoms with Crippen LogP contribution in [0.3, 0.4) is 0 Å². The largest absolute Gasteiger partial charge is 0.481 e. The van der Waals surface area contributed by atoms with Gasteiger partial charge in [0.15, 0.2) is 0 Å². The Kier molecular flexibility index (Phi) is 8.15. The highest BCUT2D eigenvalue weighted by Crippen LogP contribution is 2.52. The van der Waals surface area contributed by atoms with E-state index >= 15 is 0 Å². The molecular formula is C29H28F3NO5S. The van der Waals surface area contributed by atoms with Crippen LogP contribution in [0.25, 0.3) is 0 Å². The fourth-order valence-electron chi connectivity index (χ4n) is 5.27. The van der Waals surface area contributed by atoms with Crippen molar-refractivity contribution in [1.82, 2.24) is 4.90 Å². The third-order valence-electron chi connectivity index (χ3n) is 6.85. The molecule has 0 saturated carbocycles. The van der Waals surface area contributed by atoms with Gasteiger partial charge in [-0.3, -0.25) is 9.59 Å². The minimum Gasteiger partial charge on any atom is -0.481 e. The lowest BCUT2D eigenvalue weighted by molar-refractivity contribution is -0.158. The summed E-state index contributed by atoms with van der Waals surface area (Å²) in [6, 6.07) is 15.1. The number of rotatable bonds is 8. The number of esters is 1. The lowest BCUT2D eigenvalue weighted by Gasteiger charge is -2.40. The minimum atomic E-state index is -4.59. The number of hydrogen-bond acceptors (Lipinski definition) is 5. The van der Waals surface area contributed by atoms with E-state index < -0.39 is 47.1 Å². The predicted octanol–water partition coefficient (Wildman–Crippen LogP) is 6.58. The molecule has 1 amide bonds. The summed E-state index contributed by atoms with van der Waals surface area (Å²) >= 11 is 1.25. The van der Waals surface area contributed by atoms with Gasteiger partial charge in [0.05, 0.1) is 17.5 Å². The molecule has 1 saturated heterocycles. The maximum absolute atomic E-state index is 14.1. The van der Waals surface area contributed by atoms with Crippen molar-refractivity contribution in [2.24, 2.45) is 11.8 Å². The van der Waals surface area contributed by atoms with Crippen molar-refractivity contribution in [1.29, 1.82) is 0 Å². The number of ether oxygens (including phenoxy) is 1. The van der Waals surface area contributed by atoms with Crippen LogP contribution in [0.5, 0.6) is 0 Å². The number of halogens is 3. The lowest BCUT2D eigenvalue weighted by Crippen LogP contribution is -2.55. The minimum absolute atomic E-state index is 0.0801. The molecule has 6 nitrogen and oxygen atoms in total. The first-order valence-corrected chi connectivity index (χ1v) is 13.3. The summed E-state index contributed by atoms with van der Waals surface area (Å²) in [6.45, 7) is 3.62. The fraction of sp³-hybridized carbons (Fsp3) is 0.345. The van der Waals surface area contributed by atoms with E-state index in [1.54, 1.807) is 41.8 Å². The number of alkyl halides is 3. The molecule has 1 fully saturated rings. The van der Waals surface area contributed by atoms with Crippen LogP contribution in [0.2, 0.25) is 0 Å². The Bertz CT molecular complexity index is 1310. The second-order valence-electron chi connectivity index (χ2n) is 10.1. The summed E-state index contributed by atoms with van der Waals surface area (Å²) in [6.07, 6.45) is -4.67. The van der Waals surface area contributed by atoms with Crippen LogP contribution >= 0.6 is 11.3 Å². The van der Waals surface area contributed by atoms with Crippen molar-refractivity contribution in [3.8, 4) is 0 Å². The average Bonchev–Trinajstić information content (AvgIpc) is 3.53. The summed E-state index contributed by atoms with van der Waals surface area (Å²) in [4.78, 5) is 42.4. The van der Waals surface area contributed by atoms with Gasteiger partial charge in [0.25, 0.3) is 5.91 Å². The second-order valence-corrected chi connectivity index (χ2v) is 11.0. The number of carbonyl (C=O) groups excluding carboxylic acids is 2. The van der Waals surface area contributed by atoms with Gasteiger partial charge in [0.1, 0.15) is 12.1 Å². The molecule has 3 unspecified atom stereocenters. The first-order chi connectivity index (χ1) is 18.4. The van der Waals surface area contributed by atoms with Gasteiger partial charge in [-0.15, -0.1) is 11.3 Å². The SMILES string of the molecule is CC(C)CC1(C(=O)OCc2ccccc2)CC(C(=O)O)C(c2cccs2)N1C(=O)c1ccc(C(F)(F)F)cc1. The van der Waals surface area contributed by atoms with E-state index in [0.717, 1.165) is 24.3 Å². The molecule has 0 bridgehead atoms. The highest BCUT2D eigenvalue weighted by Gasteiger charge is 2.61. The Morgan fingerprint density at radius 1 is 1.05 bits per heavy atom. The van der Waals surface area contributed by atoms with Crippen LogP contribution in [0.15, 0.2) is 72.1 Å². The molecule has 0 aliphatic carbocycles. The maximum atomic E-state index is 14.1. The summed E-state index contributed by atoms with van der Waals surface area (Å²) in [5.41, 5.74) is -1.94. The number of aliphatic carboxylic acids is 1. The van der Waals surface area contributed by atoms with E-state index in [9.17, 15) is 32.7 Å². The molecule has 0 spiro atoms. The molecule has 3 atom stereocenters. The summed E-state index contributed by atoms with van der Waals surface area (Å²) in [7, 11) is 0. The number of thiophene rings is 1. The number of carboxylic acids is 1. The molecule has 4 rings (SSSR count). The van der Waals surface area contributed by atoms with Gasteiger partial charge in [-0.1, -0.05) is 50.2 Å². The van der Waals surface area contributed by atoms with Crippen molar-refractivity contribution >= 4 is 29.2 Å². The van der Waals surface area contributed by atoms with E-state index in [1.807, 2.05) is 19.9 Å². The van der Waals surface area contributed by atoms with Crippen LogP contribution in [0, 0.1) is 11.8 Å². The maximum Gasteiger partial charge on any atom is 0.416 e. The summed E-state index contributed by atoms with van der Waals surface area (Å²) < 4.78 is 45.3. The quantitative estimate of drug-likeness (QED) is 0.315. The Labute approximate surface area is 228 Å². The summed E-state index contributed by atoms with van der Waals surface area (Å²) in [5, 5.41) is 12.0. The molecule has 2 aromatic carbocycles. The van der Waals surface area contributed by atoms with Crippen LogP contribution in [0.4, 0.5) is 13.2 Å². The van der Waals surface area contributed by atoms with Crippen molar-refractivity contribution in [3.63, 3.8) is 0 Å². The van der Waals surface area contributed by atoms with Gasteiger partial charge in [0.2, 0.25) is 0 Å². The molecule has 1 aliphatic heterocycles. The lowest BCUT2D eigenvalue weighted by atomic mass is 9.83. The van der Waals surface area contributed by atoms with E-state index in [4.69, 9.17) is 4.74 Å². The highest BCUT2D eigenvalue weighted by atomic mass is 32.1. The molecule has 2 heterocycles. The smallest absolute Gasteiger partial charge is 0.416 e. The van der Waals surface area contributed by atoms with Crippen LogP contribution in [-0.2, 0) is 27.1 Å². The Morgan fingerprint density at radius 3 is 2.26 bits per heavy atom. The third-order valence-corrected chi connectivity index (χ3v) is 7.79. The molecule has 206 valence electrons. The Morgan fingerprint density at radius 2 is 1.72 bits per heavy atom. The fourth-order valence-corrected chi connectivity index (χ4v) is 6.15. The van der Waals surface area contributed by atoms with E-state index in [2.05, 4.69) is 0 Å². The topological polar surface area (TPSA) is 83.9 Å². The average molecular weight is 560 g/mol. The highest BCUT2D eigenvalue weighted by molar-refractivity contribution is 7.10. The zero-order valence-electron chi connectivity index (χ0n) is 21.4. The number of hydrogen-bond donors (Lipinski definition) is 1. The Balaban J connectivity index is 1.83. The number of carboxylic acid groups (broad SMARTS) is 1. The van der Waals surface area contributed by atoms with Gasteiger partial charge in [-0.25, -0.2) is 4.79 Å². The zero-order chi connectivity index (χ0) is 28.4. The monoisotopic (exact) mass is 559 g/mol. The van der Waals surface area contributed by atoms with Crippen LogP contribution < -0.4 is 0 Å². The van der Waals surface area contributed by atoms with E-state index in [1.165, 1.54) is 16.2 Å². The van der Waals surface area contributed by atoms with Gasteiger partial charge in [-0.2, -0.15) is 13.2 Å². The second kappa shape index (κ2) is 11.2. The van der Waals surface area contributed by atoms with Crippen molar-refractivity contribution in [3.05, 3.63) is 93.7 Å². The predicted molar refractivity (Wildman–Crippen MR) is 139 cm³/mol. The van der Waals surface area contributed by atoms with Crippen molar-refractivity contribution in [2.75, 3.05) is 0 Å². The molecular weight excluding hydrogens is 531 g/mol. The Hall–Kier alpha value is -3.66. The normalized spacial score (nSPS) is 21.2. The number of carbonyl (C=O) groups is 3. The number of amides is 1. The first-order valence-electron chi connectivity index (χ1n) is 12.4. The number of benzene rings is 2. The van der Waals surface area contributed by atoms with E-state index in [0.29, 0.717) is 10.4 Å². The third kappa shape index (κ3) is 5.85. The summed E-state index contributed by atoms with van der Waals surface area (Å²) in [5.74, 6) is -3.94. The van der Waals surface area contributed by atoms with Gasteiger partial charge < -0.3 is 14.7 Å². The molecule has 0 radical (unpaired) electrons. The zero-order valence-corrected chi connectivity index (χ0v) is 22.2. The van der Waals surface area contributed by atoms with Gasteiger partial charge in [-0.05, 0) is 60.0 Å². The number of nitrogens with zero attached hydrogens (tertiary/aromatic N) is 1. The first kappa shape index (κ1) is 28.4. The molecule has 10 heteroatoms. The van der Waals surface area contributed by atoms with Crippen LogP contribution in [0.1, 0.15) is 59.1 Å². The van der Waals surface area contributed by atoms with Crippen molar-refractivity contribution in [2.45, 2.75) is 51.1 Å². The molecule has 1 aromatic heterocycles. The van der Waals surface area contributed by atoms with Crippen LogP contribution in [-0.4, -0.2) is 33.4 Å². The van der Waals surface area contributed by atoms with E-state index in [-0.39, 0.29) is 30.9 Å². The molecule has 3 aromatic rings. The van der Waals surface area contributed by atoms with Crippen molar-refractivity contribution < 1.29 is 37.4 Å². The number of likely N-dealkylation sites (tertiary alicyclic amines) is 1. The van der Waals surface area contributed by atoms with Gasteiger partial charge >= 0.3 is 18.1 Å².